The molecule has 0 aromatic rings. The Morgan fingerprint density at radius 2 is 1.45 bits per heavy atom. The number of aliphatic hydroxyl groups excluding tert-OH is 1. The van der Waals surface area contributed by atoms with Gasteiger partial charge in [-0.05, 0) is 0 Å². The SMILES string of the molecule is OCC(I)(I)C(I)(I)C(I)I. The molecule has 1 nitrogen and oxygen atoms in total. The van der Waals surface area contributed by atoms with E-state index in [1.807, 2.05) is 0 Å². The van der Waals surface area contributed by atoms with Crippen molar-refractivity contribution in [1.82, 2.24) is 0 Å². The van der Waals surface area contributed by atoms with Crippen molar-refractivity contribution in [3.05, 3.63) is 0 Å². The second kappa shape index (κ2) is 6.17. The molecule has 0 aliphatic carbocycles. The monoisotopic (exact) mass is 829 g/mol. The van der Waals surface area contributed by atoms with Gasteiger partial charge < -0.3 is 5.11 Å². The summed E-state index contributed by atoms with van der Waals surface area (Å²) in [7, 11) is 0. The van der Waals surface area contributed by atoms with Crippen molar-refractivity contribution in [2.45, 2.75) is 4.79 Å². The van der Waals surface area contributed by atoms with Gasteiger partial charge in [-0.15, -0.1) is 0 Å². The third-order valence-electron chi connectivity index (χ3n) is 0.960. The fraction of sp³-hybridized carbons (Fsp3) is 1.00. The highest BCUT2D eigenvalue weighted by atomic mass is 127. The maximum absolute atomic E-state index is 9.15. The van der Waals surface area contributed by atoms with E-state index in [-0.39, 0.29) is 9.46 Å². The van der Waals surface area contributed by atoms with Gasteiger partial charge in [0.25, 0.3) is 0 Å². The van der Waals surface area contributed by atoms with Crippen LogP contribution in [0.4, 0.5) is 0 Å². The summed E-state index contributed by atoms with van der Waals surface area (Å²) in [5.41, 5.74) is 0. The molecule has 0 spiro atoms. The van der Waals surface area contributed by atoms with Gasteiger partial charge >= 0.3 is 0 Å². The lowest BCUT2D eigenvalue weighted by Crippen LogP contribution is -2.41. The Morgan fingerprint density at radius 1 is 1.09 bits per heavy atom. The minimum absolute atomic E-state index is 0.0828. The number of rotatable bonds is 3. The topological polar surface area (TPSA) is 20.2 Å². The van der Waals surface area contributed by atoms with Crippen molar-refractivity contribution < 1.29 is 5.11 Å². The molecule has 0 unspecified atom stereocenters. The number of alkyl halides is 6. The molecule has 0 aromatic carbocycles. The molecule has 0 bridgehead atoms. The van der Waals surface area contributed by atoms with Crippen LogP contribution in [0.2, 0.25) is 0 Å². The Labute approximate surface area is 148 Å². The van der Waals surface area contributed by atoms with Crippen molar-refractivity contribution >= 4 is 136 Å². The quantitative estimate of drug-likeness (QED) is 0.333. The molecule has 0 saturated heterocycles. The lowest BCUT2D eigenvalue weighted by atomic mass is 10.4. The summed E-state index contributed by atoms with van der Waals surface area (Å²) in [4.78, 5) is 0. The van der Waals surface area contributed by atoms with Gasteiger partial charge in [-0.25, -0.2) is 0 Å². The number of hydrogen-bond acceptors (Lipinski definition) is 1. The number of hydrogen-bond donors (Lipinski definition) is 1. The van der Waals surface area contributed by atoms with Gasteiger partial charge in [0.05, 0.1) is 8.54 Å². The highest BCUT2D eigenvalue weighted by Crippen LogP contribution is 2.55. The van der Waals surface area contributed by atoms with Crippen LogP contribution in [0.15, 0.2) is 0 Å². The van der Waals surface area contributed by atoms with Gasteiger partial charge in [-0.3, -0.25) is 0 Å². The highest BCUT2D eigenvalue weighted by molar-refractivity contribution is 14.2. The standard InChI is InChI=1S/C4H4I6O/c5-2(6)4(9,10)3(7,8)1-11/h2,11H,1H2. The van der Waals surface area contributed by atoms with Crippen LogP contribution >= 0.6 is 136 Å². The van der Waals surface area contributed by atoms with Crippen LogP contribution in [0.5, 0.6) is 0 Å². The average Bonchev–Trinajstić information content (AvgIpc) is 1.87. The van der Waals surface area contributed by atoms with Gasteiger partial charge in [-0.2, -0.15) is 0 Å². The summed E-state index contributed by atoms with van der Waals surface area (Å²) < 4.78 is 0.496. The summed E-state index contributed by atoms with van der Waals surface area (Å²) in [6, 6.07) is 0. The van der Waals surface area contributed by atoms with E-state index in [1.54, 1.807) is 0 Å². The number of aliphatic hydroxyl groups is 1. The summed E-state index contributed by atoms with van der Waals surface area (Å²) in [6.45, 7) is 0.211. The third kappa shape index (κ3) is 4.38. The Kier molecular flexibility index (Phi) is 8.60. The van der Waals surface area contributed by atoms with Gasteiger partial charge in [0, 0.05) is 0 Å². The van der Waals surface area contributed by atoms with Crippen molar-refractivity contribution in [2.75, 3.05) is 6.61 Å². The molecular weight excluding hydrogens is 825 g/mol. The van der Waals surface area contributed by atoms with Gasteiger partial charge in [-0.1, -0.05) is 136 Å². The highest BCUT2D eigenvalue weighted by Gasteiger charge is 2.48. The second-order valence-electron chi connectivity index (χ2n) is 1.79. The van der Waals surface area contributed by atoms with Crippen LogP contribution in [-0.4, -0.2) is 16.5 Å². The van der Waals surface area contributed by atoms with Crippen LogP contribution in [0.25, 0.3) is 0 Å². The van der Waals surface area contributed by atoms with Crippen LogP contribution in [0, 0.1) is 0 Å². The third-order valence-corrected chi connectivity index (χ3v) is 17.2. The molecule has 1 N–H and O–H groups in total. The molecule has 0 heterocycles. The van der Waals surface area contributed by atoms with Crippen LogP contribution < -0.4 is 0 Å². The largest absolute Gasteiger partial charge is 0.394 e. The van der Waals surface area contributed by atoms with E-state index in [0.29, 0.717) is 1.93 Å². The maximum Gasteiger partial charge on any atom is 0.122 e. The van der Waals surface area contributed by atoms with E-state index in [2.05, 4.69) is 136 Å². The smallest absolute Gasteiger partial charge is 0.122 e. The van der Waals surface area contributed by atoms with Crippen LogP contribution in [-0.2, 0) is 0 Å². The molecule has 0 saturated carbocycles. The Balaban J connectivity index is 4.53. The predicted octanol–water partition coefficient (Wildman–Crippen LogP) is 4.31. The Morgan fingerprint density at radius 3 is 1.55 bits per heavy atom. The molecule has 0 aliphatic rings. The molecule has 0 radical (unpaired) electrons. The first-order chi connectivity index (χ1) is 4.75. The summed E-state index contributed by atoms with van der Waals surface area (Å²) in [5, 5.41) is 9.15. The van der Waals surface area contributed by atoms with E-state index in [9.17, 15) is 0 Å². The van der Waals surface area contributed by atoms with E-state index < -0.39 is 0 Å². The van der Waals surface area contributed by atoms with E-state index >= 15 is 0 Å². The molecule has 0 rings (SSSR count). The maximum atomic E-state index is 9.15. The molecule has 0 aromatic heterocycles. The molecule has 68 valence electrons. The molecule has 0 amide bonds. The first-order valence-corrected chi connectivity index (χ1v) is 9.21. The first-order valence-electron chi connectivity index (χ1n) is 2.40. The summed E-state index contributed by atoms with van der Waals surface area (Å²) in [6.07, 6.45) is 0. The van der Waals surface area contributed by atoms with Crippen molar-refractivity contribution in [2.24, 2.45) is 0 Å². The molecule has 11 heavy (non-hydrogen) atoms. The zero-order valence-electron chi connectivity index (χ0n) is 5.00. The number of halogens is 6. The molecule has 0 atom stereocenters. The van der Waals surface area contributed by atoms with Gasteiger partial charge in [0.15, 0.2) is 0 Å². The Hall–Kier alpha value is 4.34. The Bertz CT molecular complexity index is 133. The van der Waals surface area contributed by atoms with Crippen molar-refractivity contribution in [1.29, 1.82) is 0 Å². The van der Waals surface area contributed by atoms with E-state index in [4.69, 9.17) is 5.11 Å². The summed E-state index contributed by atoms with van der Waals surface area (Å²) >= 11 is 14.2. The zero-order valence-corrected chi connectivity index (χ0v) is 17.9. The molecular formula is C4H4I6O. The van der Waals surface area contributed by atoms with E-state index in [1.165, 1.54) is 0 Å². The minimum Gasteiger partial charge on any atom is -0.394 e. The molecule has 0 aliphatic heterocycles. The fourth-order valence-corrected chi connectivity index (χ4v) is 4.68. The molecule has 7 heteroatoms. The van der Waals surface area contributed by atoms with Crippen LogP contribution in [0.1, 0.15) is 0 Å². The first kappa shape index (κ1) is 15.3. The summed E-state index contributed by atoms with van der Waals surface area (Å²) in [5.74, 6) is 0. The van der Waals surface area contributed by atoms with E-state index in [0.717, 1.165) is 0 Å². The van der Waals surface area contributed by atoms with Crippen LogP contribution in [0.3, 0.4) is 0 Å². The van der Waals surface area contributed by atoms with Gasteiger partial charge in [0.2, 0.25) is 0 Å². The zero-order chi connectivity index (χ0) is 9.28. The van der Waals surface area contributed by atoms with Crippen molar-refractivity contribution in [3.8, 4) is 0 Å². The fourth-order valence-electron chi connectivity index (χ4n) is 0.265. The lowest BCUT2D eigenvalue weighted by Gasteiger charge is -2.34. The predicted molar refractivity (Wildman–Crippen MR) is 100 cm³/mol. The van der Waals surface area contributed by atoms with Gasteiger partial charge in [0.1, 0.15) is 2.86 Å². The lowest BCUT2D eigenvalue weighted by molar-refractivity contribution is 0.295. The molecule has 0 fully saturated rings. The second-order valence-corrected chi connectivity index (χ2v) is 17.9. The average molecular weight is 829 g/mol. The van der Waals surface area contributed by atoms with Crippen molar-refractivity contribution in [3.63, 3.8) is 0 Å². The normalized spacial score (nSPS) is 14.2. The minimum atomic E-state index is -0.0866.